The van der Waals surface area contributed by atoms with E-state index in [9.17, 15) is 46.7 Å². The van der Waals surface area contributed by atoms with E-state index in [1.807, 2.05) is 20.8 Å². The molecule has 3 aromatic heterocycles. The Morgan fingerprint density at radius 2 is 0.783 bits per heavy atom. The fourth-order valence-corrected chi connectivity index (χ4v) is 11.6. The Bertz CT molecular complexity index is 3520. The van der Waals surface area contributed by atoms with Crippen LogP contribution in [0.4, 0.5) is 52.5 Å². The van der Waals surface area contributed by atoms with Crippen molar-refractivity contribution in [2.24, 2.45) is 17.8 Å². The van der Waals surface area contributed by atoms with Gasteiger partial charge in [0.15, 0.2) is 0 Å². The number of halogens is 6. The van der Waals surface area contributed by atoms with Crippen molar-refractivity contribution in [2.75, 3.05) is 52.4 Å². The highest BCUT2D eigenvalue weighted by Gasteiger charge is 2.38. The number of rotatable bonds is 7. The number of hydrogen-bond acceptors (Lipinski definition) is 13. The molecule has 0 radical (unpaired) electrons. The van der Waals surface area contributed by atoms with Gasteiger partial charge in [0, 0.05) is 34.7 Å². The Labute approximate surface area is 548 Å². The summed E-state index contributed by atoms with van der Waals surface area (Å²) in [6, 6.07) is 16.2. The third-order valence-corrected chi connectivity index (χ3v) is 16.0. The summed E-state index contributed by atoms with van der Waals surface area (Å²) in [5, 5.41) is 11.0. The second-order valence-corrected chi connectivity index (χ2v) is 25.6. The van der Waals surface area contributed by atoms with Crippen molar-refractivity contribution in [1.29, 1.82) is 0 Å². The second kappa shape index (κ2) is 31.7. The van der Waals surface area contributed by atoms with Crippen LogP contribution in [0.2, 0.25) is 15.1 Å². The molecular weight excluding hydrogens is 1250 g/mol. The van der Waals surface area contributed by atoms with Crippen LogP contribution in [0.1, 0.15) is 139 Å². The molecule has 92 heavy (non-hydrogen) atoms. The number of ether oxygens (including phenoxy) is 1. The molecule has 3 aromatic carbocycles. The van der Waals surface area contributed by atoms with Gasteiger partial charge in [-0.25, -0.2) is 32.9 Å². The fourth-order valence-electron chi connectivity index (χ4n) is 10.9. The second-order valence-electron chi connectivity index (χ2n) is 24.3. The minimum atomic E-state index is -0.833. The topological polar surface area (TPSA) is 277 Å². The summed E-state index contributed by atoms with van der Waals surface area (Å²) < 4.78 is 46.8. The van der Waals surface area contributed by atoms with E-state index in [1.54, 1.807) is 77.9 Å². The molecule has 7 amide bonds. The van der Waals surface area contributed by atoms with Gasteiger partial charge in [-0.2, -0.15) is 0 Å². The van der Waals surface area contributed by atoms with E-state index in [0.717, 1.165) is 19.3 Å². The molecule has 20 nitrogen and oxygen atoms in total. The van der Waals surface area contributed by atoms with E-state index in [4.69, 9.17) is 51.0 Å². The smallest absolute Gasteiger partial charge is 0.413 e. The Kier molecular flexibility index (Phi) is 25.0. The Hall–Kier alpha value is -8.54. The predicted octanol–water partition coefficient (Wildman–Crippen LogP) is 13.5. The van der Waals surface area contributed by atoms with E-state index >= 15 is 0 Å². The lowest BCUT2D eigenvalue weighted by Crippen LogP contribution is -2.46. The molecule has 492 valence electrons. The largest absolute Gasteiger partial charge is 0.444 e. The number of nitrogens with one attached hydrogen (secondary N) is 4. The zero-order valence-electron chi connectivity index (χ0n) is 51.9. The molecule has 0 unspecified atom stereocenters. The maximum Gasteiger partial charge on any atom is 0.413 e. The maximum atomic E-state index is 14.0. The highest BCUT2D eigenvalue weighted by atomic mass is 35.5. The molecule has 6 atom stereocenters. The monoisotopic (exact) mass is 1330 g/mol. The Balaban J connectivity index is 0.000000220. The van der Waals surface area contributed by atoms with Crippen molar-refractivity contribution in [3.63, 3.8) is 0 Å². The summed E-state index contributed by atoms with van der Waals surface area (Å²) >= 11 is 18.0. The SMILES string of the molecule is C.Cc1cc(NC(=O)C(=O)N2C[C@@H](C)CC[C@@H]2c2cc(F)cc(Cl)c2)cnc1N.Cc1cc(NC(=O)C(=O)N2C[C@@H](C)CC[C@@H]2c2cc(F)cc(Cl)c2)cnc1NC(=O)OC(C)(C)C.Cc1cc(NC(=O)C(=O)N2C[C@H](C)CC[C@H]2c2cc(F)cc(Cl)c2)cnc1N. The van der Waals surface area contributed by atoms with Gasteiger partial charge in [0.25, 0.3) is 0 Å². The summed E-state index contributed by atoms with van der Waals surface area (Å²) in [5.41, 5.74) is 15.5. The number of nitrogens with two attached hydrogens (primary N) is 2. The van der Waals surface area contributed by atoms with Gasteiger partial charge in [-0.3, -0.25) is 34.1 Å². The van der Waals surface area contributed by atoms with Gasteiger partial charge >= 0.3 is 41.5 Å². The number of pyridine rings is 3. The molecule has 0 bridgehead atoms. The lowest BCUT2D eigenvalue weighted by Gasteiger charge is -2.38. The maximum absolute atomic E-state index is 14.0. The molecule has 6 heterocycles. The fraction of sp³-hybridized carbons (Fsp3) is 0.394. The summed E-state index contributed by atoms with van der Waals surface area (Å²) in [6.07, 6.45) is 7.90. The van der Waals surface area contributed by atoms with Crippen LogP contribution in [-0.4, -0.2) is 96.4 Å². The normalized spacial score (nSPS) is 18.7. The van der Waals surface area contributed by atoms with Gasteiger partial charge in [-0.05, 0) is 204 Å². The summed E-state index contributed by atoms with van der Waals surface area (Å²) in [6.45, 7) is 17.7. The highest BCUT2D eigenvalue weighted by Crippen LogP contribution is 2.38. The number of carbonyl (C=O) groups is 7. The van der Waals surface area contributed by atoms with Crippen LogP contribution in [0, 0.1) is 56.0 Å². The van der Waals surface area contributed by atoms with Gasteiger partial charge in [0.05, 0.1) is 53.8 Å². The van der Waals surface area contributed by atoms with Crippen LogP contribution in [0.25, 0.3) is 0 Å². The molecule has 9 rings (SSSR count). The number of nitrogens with zero attached hydrogens (tertiary/aromatic N) is 6. The van der Waals surface area contributed by atoms with Crippen molar-refractivity contribution < 1.29 is 51.5 Å². The first-order chi connectivity index (χ1) is 42.8. The number of benzene rings is 3. The van der Waals surface area contributed by atoms with Crippen LogP contribution in [0.15, 0.2) is 91.4 Å². The van der Waals surface area contributed by atoms with Crippen LogP contribution in [0.5, 0.6) is 0 Å². The summed E-state index contributed by atoms with van der Waals surface area (Å²) in [5.74, 6) is -4.24. The number of carbonyl (C=O) groups excluding carboxylic acids is 7. The van der Waals surface area contributed by atoms with Crippen LogP contribution < -0.4 is 32.7 Å². The quantitative estimate of drug-likeness (QED) is 0.0812. The summed E-state index contributed by atoms with van der Waals surface area (Å²) in [4.78, 5) is 105. The van der Waals surface area contributed by atoms with Crippen molar-refractivity contribution >= 4 is 111 Å². The van der Waals surface area contributed by atoms with E-state index in [0.29, 0.717) is 101 Å². The van der Waals surface area contributed by atoms with Gasteiger partial charge in [0.1, 0.15) is 40.5 Å². The first kappa shape index (κ1) is 72.5. The van der Waals surface area contributed by atoms with Crippen LogP contribution in [-0.2, 0) is 33.5 Å². The Morgan fingerprint density at radius 3 is 1.07 bits per heavy atom. The molecule has 6 aromatic rings. The van der Waals surface area contributed by atoms with E-state index in [1.165, 1.54) is 69.7 Å². The van der Waals surface area contributed by atoms with Crippen molar-refractivity contribution in [1.82, 2.24) is 29.7 Å². The van der Waals surface area contributed by atoms with E-state index < -0.39 is 82.7 Å². The molecule has 8 N–H and O–H groups in total. The number of nitrogen functional groups attached to an aromatic ring is 2. The number of anilines is 6. The van der Waals surface area contributed by atoms with E-state index in [2.05, 4.69) is 36.2 Å². The number of likely N-dealkylation sites (tertiary alicyclic amines) is 3. The number of amides is 7. The number of hydrogen-bond donors (Lipinski definition) is 6. The lowest BCUT2D eigenvalue weighted by molar-refractivity contribution is -0.146. The molecule has 3 fully saturated rings. The molecule has 0 aliphatic carbocycles. The Morgan fingerprint density at radius 1 is 0.478 bits per heavy atom. The predicted molar refractivity (Wildman–Crippen MR) is 351 cm³/mol. The van der Waals surface area contributed by atoms with Gasteiger partial charge in [0.2, 0.25) is 0 Å². The number of piperidine rings is 3. The number of aromatic nitrogens is 3. The van der Waals surface area contributed by atoms with Crippen LogP contribution >= 0.6 is 34.8 Å². The molecule has 3 aliphatic heterocycles. The lowest BCUT2D eigenvalue weighted by atomic mass is 9.89. The molecular formula is C66H78Cl3F3N12O8. The third kappa shape index (κ3) is 20.0. The first-order valence-electron chi connectivity index (χ1n) is 29.5. The van der Waals surface area contributed by atoms with E-state index in [-0.39, 0.29) is 46.1 Å². The third-order valence-electron chi connectivity index (χ3n) is 15.3. The minimum Gasteiger partial charge on any atom is -0.444 e. The first-order valence-corrected chi connectivity index (χ1v) is 30.6. The van der Waals surface area contributed by atoms with Gasteiger partial charge in [-0.1, -0.05) is 63.0 Å². The standard InChI is InChI=1S/C25H30ClFN4O4.2C20H22ClFN4O2.CH4/c1-14-6-7-20(16-9-17(26)11-18(27)10-16)31(13-14)23(33)22(32)29-19-8-15(2)21(28-12-19)30-24(34)35-25(3,4)5;2*1-11-3-4-17(13-6-14(21)8-15(22)7-13)26(10-11)20(28)19(27)25-16-5-12(2)18(23)24-9-16;/h8-12,14,20H,6-7,13H2,1-5H3,(H,29,32)(H,28,30,34);2*5-9,11,17H,3-4,10H2,1-2H3,(H2,23,24)(H,25,27);1H4/t14-,20+;2*11-,17+;/m010./s1. The average Bonchev–Trinajstić information content (AvgIpc) is 0.888. The van der Waals surface area contributed by atoms with Crippen molar-refractivity contribution in [3.05, 3.63) is 157 Å². The van der Waals surface area contributed by atoms with Gasteiger partial charge < -0.3 is 46.9 Å². The van der Waals surface area contributed by atoms with Gasteiger partial charge in [-0.15, -0.1) is 0 Å². The van der Waals surface area contributed by atoms with Crippen LogP contribution in [0.3, 0.4) is 0 Å². The summed E-state index contributed by atoms with van der Waals surface area (Å²) in [7, 11) is 0. The average molecular weight is 1330 g/mol. The number of aryl methyl sites for hydroxylation is 3. The molecule has 0 saturated carbocycles. The molecule has 3 saturated heterocycles. The zero-order chi connectivity index (χ0) is 66.8. The zero-order valence-corrected chi connectivity index (χ0v) is 54.1. The molecule has 0 spiro atoms. The molecule has 26 heteroatoms. The highest BCUT2D eigenvalue weighted by molar-refractivity contribution is 6.41. The van der Waals surface area contributed by atoms with Crippen molar-refractivity contribution in [2.45, 2.75) is 132 Å². The minimum absolute atomic E-state index is 0. The molecule has 3 aliphatic rings. The van der Waals surface area contributed by atoms with Crippen molar-refractivity contribution in [3.8, 4) is 0 Å².